The van der Waals surface area contributed by atoms with E-state index in [0.29, 0.717) is 23.7 Å². The summed E-state index contributed by atoms with van der Waals surface area (Å²) in [6.07, 6.45) is 8.29. The summed E-state index contributed by atoms with van der Waals surface area (Å²) in [7, 11) is 3.59. The average Bonchev–Trinajstić information content (AvgIpc) is 2.44. The van der Waals surface area contributed by atoms with Gasteiger partial charge in [0.25, 0.3) is 0 Å². The molecule has 0 amide bonds. The van der Waals surface area contributed by atoms with Gasteiger partial charge in [-0.2, -0.15) is 0 Å². The van der Waals surface area contributed by atoms with Gasteiger partial charge in [0.15, 0.2) is 0 Å². The van der Waals surface area contributed by atoms with Gasteiger partial charge in [-0.05, 0) is 43.9 Å². The minimum absolute atomic E-state index is 0.381. The van der Waals surface area contributed by atoms with E-state index in [2.05, 4.69) is 18.7 Å². The second kappa shape index (κ2) is 8.62. The highest BCUT2D eigenvalue weighted by atomic mass is 16.5. The number of rotatable bonds is 9. The third-order valence-corrected chi connectivity index (χ3v) is 5.16. The molecule has 0 bridgehead atoms. The summed E-state index contributed by atoms with van der Waals surface area (Å²) in [5.74, 6) is 0. The molecular formula is C18H35NO3. The second-order valence-corrected chi connectivity index (χ2v) is 7.82. The molecule has 2 rings (SSSR count). The monoisotopic (exact) mass is 313 g/mol. The van der Waals surface area contributed by atoms with Gasteiger partial charge < -0.3 is 19.1 Å². The summed E-state index contributed by atoms with van der Waals surface area (Å²) in [6, 6.07) is 0. The smallest absolute Gasteiger partial charge is 0.0628 e. The van der Waals surface area contributed by atoms with E-state index >= 15 is 0 Å². The maximum atomic E-state index is 6.19. The fourth-order valence-corrected chi connectivity index (χ4v) is 3.68. The number of piperidine rings is 1. The van der Waals surface area contributed by atoms with Gasteiger partial charge in [0.1, 0.15) is 0 Å². The SMILES string of the molecule is COCCCC(C)(C)CN1CCC(OC2CC(OC)C2)CC1. The minimum Gasteiger partial charge on any atom is -0.385 e. The molecule has 0 aromatic heterocycles. The molecule has 0 aromatic rings. The average molecular weight is 313 g/mol. The highest BCUT2D eigenvalue weighted by Crippen LogP contribution is 2.30. The fraction of sp³-hybridized carbons (Fsp3) is 1.00. The zero-order valence-corrected chi connectivity index (χ0v) is 15.0. The predicted molar refractivity (Wildman–Crippen MR) is 89.3 cm³/mol. The molecule has 0 radical (unpaired) electrons. The third-order valence-electron chi connectivity index (χ3n) is 5.16. The van der Waals surface area contributed by atoms with Crippen molar-refractivity contribution in [1.82, 2.24) is 4.90 Å². The van der Waals surface area contributed by atoms with Gasteiger partial charge in [0, 0.05) is 40.5 Å². The standard InChI is InChI=1S/C18H35NO3/c1-18(2,8-5-11-20-3)14-19-9-6-15(7-10-19)22-17-12-16(13-17)21-4/h15-17H,5-14H2,1-4H3. The molecule has 1 aliphatic carbocycles. The zero-order valence-electron chi connectivity index (χ0n) is 15.0. The molecule has 1 aliphatic heterocycles. The first kappa shape index (κ1) is 18.2. The number of methoxy groups -OCH3 is 2. The molecule has 1 heterocycles. The first-order valence-electron chi connectivity index (χ1n) is 8.92. The van der Waals surface area contributed by atoms with Gasteiger partial charge >= 0.3 is 0 Å². The van der Waals surface area contributed by atoms with Crippen molar-refractivity contribution in [3.8, 4) is 0 Å². The molecule has 0 N–H and O–H groups in total. The maximum absolute atomic E-state index is 6.19. The van der Waals surface area contributed by atoms with Crippen molar-refractivity contribution in [1.29, 1.82) is 0 Å². The lowest BCUT2D eigenvalue weighted by atomic mass is 9.86. The topological polar surface area (TPSA) is 30.9 Å². The molecule has 2 fully saturated rings. The van der Waals surface area contributed by atoms with Crippen molar-refractivity contribution in [3.05, 3.63) is 0 Å². The number of hydrogen-bond donors (Lipinski definition) is 0. The Bertz CT molecular complexity index is 307. The summed E-state index contributed by atoms with van der Waals surface area (Å²) < 4.78 is 16.7. The molecule has 4 nitrogen and oxygen atoms in total. The van der Waals surface area contributed by atoms with E-state index in [1.807, 2.05) is 0 Å². The van der Waals surface area contributed by atoms with E-state index in [0.717, 1.165) is 25.9 Å². The van der Waals surface area contributed by atoms with Crippen molar-refractivity contribution < 1.29 is 14.2 Å². The molecule has 4 heteroatoms. The second-order valence-electron chi connectivity index (χ2n) is 7.82. The molecule has 0 unspecified atom stereocenters. The molecule has 130 valence electrons. The van der Waals surface area contributed by atoms with E-state index in [1.54, 1.807) is 14.2 Å². The van der Waals surface area contributed by atoms with E-state index in [9.17, 15) is 0 Å². The molecular weight excluding hydrogens is 278 g/mol. The van der Waals surface area contributed by atoms with Gasteiger partial charge in [-0.25, -0.2) is 0 Å². The molecule has 0 spiro atoms. The van der Waals surface area contributed by atoms with E-state index in [1.165, 1.54) is 38.9 Å². The molecule has 1 saturated carbocycles. The zero-order chi connectivity index (χ0) is 16.0. The van der Waals surface area contributed by atoms with Gasteiger partial charge in [-0.1, -0.05) is 13.8 Å². The van der Waals surface area contributed by atoms with Gasteiger partial charge in [-0.15, -0.1) is 0 Å². The van der Waals surface area contributed by atoms with Crippen molar-refractivity contribution in [2.75, 3.05) is 40.5 Å². The van der Waals surface area contributed by atoms with Gasteiger partial charge in [-0.3, -0.25) is 0 Å². The lowest BCUT2D eigenvalue weighted by Gasteiger charge is -2.41. The highest BCUT2D eigenvalue weighted by molar-refractivity contribution is 4.84. The Labute approximate surface area is 136 Å². The van der Waals surface area contributed by atoms with Crippen LogP contribution in [0.1, 0.15) is 52.4 Å². The number of nitrogens with zero attached hydrogens (tertiary/aromatic N) is 1. The predicted octanol–water partition coefficient (Wildman–Crippen LogP) is 3.10. The Morgan fingerprint density at radius 2 is 1.68 bits per heavy atom. The molecule has 0 atom stereocenters. The van der Waals surface area contributed by atoms with Crippen LogP contribution >= 0.6 is 0 Å². The Morgan fingerprint density at radius 3 is 2.27 bits per heavy atom. The fourth-order valence-electron chi connectivity index (χ4n) is 3.68. The van der Waals surface area contributed by atoms with Crippen LogP contribution in [0.5, 0.6) is 0 Å². The van der Waals surface area contributed by atoms with E-state index in [-0.39, 0.29) is 0 Å². The number of likely N-dealkylation sites (tertiary alicyclic amines) is 1. The van der Waals surface area contributed by atoms with Crippen molar-refractivity contribution in [3.63, 3.8) is 0 Å². The Morgan fingerprint density at radius 1 is 1.00 bits per heavy atom. The van der Waals surface area contributed by atoms with E-state index in [4.69, 9.17) is 14.2 Å². The van der Waals surface area contributed by atoms with Gasteiger partial charge in [0.05, 0.1) is 18.3 Å². The highest BCUT2D eigenvalue weighted by Gasteiger charge is 2.33. The van der Waals surface area contributed by atoms with Crippen LogP contribution in [0.3, 0.4) is 0 Å². The lowest BCUT2D eigenvalue weighted by Crippen LogP contribution is -2.45. The normalized spacial score (nSPS) is 27.8. The summed E-state index contributed by atoms with van der Waals surface area (Å²) in [5.41, 5.74) is 0.381. The Kier molecular flexibility index (Phi) is 7.13. The number of hydrogen-bond acceptors (Lipinski definition) is 4. The van der Waals surface area contributed by atoms with Crippen molar-refractivity contribution >= 4 is 0 Å². The van der Waals surface area contributed by atoms with Crippen LogP contribution in [0.2, 0.25) is 0 Å². The summed E-state index contributed by atoms with van der Waals surface area (Å²) in [6.45, 7) is 9.19. The van der Waals surface area contributed by atoms with Crippen LogP contribution in [-0.2, 0) is 14.2 Å². The molecule has 1 saturated heterocycles. The van der Waals surface area contributed by atoms with Crippen LogP contribution in [0.25, 0.3) is 0 Å². The summed E-state index contributed by atoms with van der Waals surface area (Å²) >= 11 is 0. The summed E-state index contributed by atoms with van der Waals surface area (Å²) in [5, 5.41) is 0. The van der Waals surface area contributed by atoms with Gasteiger partial charge in [0.2, 0.25) is 0 Å². The quantitative estimate of drug-likeness (QED) is 0.612. The maximum Gasteiger partial charge on any atom is 0.0628 e. The van der Waals surface area contributed by atoms with Crippen molar-refractivity contribution in [2.45, 2.75) is 70.7 Å². The molecule has 22 heavy (non-hydrogen) atoms. The Hall–Kier alpha value is -0.160. The number of ether oxygens (including phenoxy) is 3. The van der Waals surface area contributed by atoms with Crippen LogP contribution in [-0.4, -0.2) is 63.7 Å². The first-order valence-corrected chi connectivity index (χ1v) is 8.92. The molecule has 2 aliphatic rings. The Balaban J connectivity index is 1.60. The largest absolute Gasteiger partial charge is 0.385 e. The third kappa shape index (κ3) is 5.80. The van der Waals surface area contributed by atoms with Crippen molar-refractivity contribution in [2.24, 2.45) is 5.41 Å². The summed E-state index contributed by atoms with van der Waals surface area (Å²) in [4.78, 5) is 2.62. The first-order chi connectivity index (χ1) is 10.5. The van der Waals surface area contributed by atoms with Crippen LogP contribution in [0.15, 0.2) is 0 Å². The van der Waals surface area contributed by atoms with Crippen LogP contribution in [0.4, 0.5) is 0 Å². The van der Waals surface area contributed by atoms with Crippen LogP contribution in [0, 0.1) is 5.41 Å². The lowest BCUT2D eigenvalue weighted by molar-refractivity contribution is -0.127. The van der Waals surface area contributed by atoms with Crippen LogP contribution < -0.4 is 0 Å². The van der Waals surface area contributed by atoms with E-state index < -0.39 is 0 Å². The minimum atomic E-state index is 0.381. The molecule has 0 aromatic carbocycles.